The summed E-state index contributed by atoms with van der Waals surface area (Å²) < 4.78 is 37.9. The minimum absolute atomic E-state index is 0.00896. The molecule has 1 aromatic carbocycles. The minimum atomic E-state index is -5.08. The van der Waals surface area contributed by atoms with Crippen molar-refractivity contribution in [1.82, 2.24) is 15.2 Å². The first-order chi connectivity index (χ1) is 21.0. The number of amides is 2. The minimum Gasteiger partial charge on any atom is -0.487 e. The van der Waals surface area contributed by atoms with Crippen LogP contribution in [0, 0.1) is 17.8 Å². The van der Waals surface area contributed by atoms with Crippen molar-refractivity contribution in [2.45, 2.75) is 89.7 Å². The second-order valence-corrected chi connectivity index (χ2v) is 12.5. The largest absolute Gasteiger partial charge is 0.490 e. The number of fused-ring (bicyclic) bond motifs is 1. The van der Waals surface area contributed by atoms with E-state index in [0.29, 0.717) is 12.8 Å². The van der Waals surface area contributed by atoms with E-state index < -0.39 is 29.3 Å². The van der Waals surface area contributed by atoms with E-state index in [0.717, 1.165) is 29.7 Å². The van der Waals surface area contributed by atoms with Crippen molar-refractivity contribution in [3.8, 4) is 5.75 Å². The zero-order chi connectivity index (χ0) is 33.3. The highest BCUT2D eigenvalue weighted by Crippen LogP contribution is 2.56. The van der Waals surface area contributed by atoms with E-state index in [2.05, 4.69) is 17.2 Å². The second kappa shape index (κ2) is 12.7. The van der Waals surface area contributed by atoms with Gasteiger partial charge in [0.25, 0.3) is 0 Å². The number of aliphatic imine (C=N–C) groups is 1. The molecule has 13 heteroatoms. The number of carbonyl (C=O) groups is 3. The smallest absolute Gasteiger partial charge is 0.487 e. The Balaban J connectivity index is 0.000000591. The number of nitrogens with one attached hydrogen (secondary N) is 1. The number of carboxylic acid groups (broad SMARTS) is 1. The summed E-state index contributed by atoms with van der Waals surface area (Å²) in [6.07, 6.45) is 0.867. The molecule has 244 valence electrons. The number of halogens is 3. The average Bonchev–Trinajstić information content (AvgIpc) is 3.64. The Morgan fingerprint density at radius 2 is 1.82 bits per heavy atom. The molecule has 1 saturated carbocycles. The molecule has 0 radical (unpaired) electrons. The third kappa shape index (κ3) is 7.23. The Labute approximate surface area is 260 Å². The van der Waals surface area contributed by atoms with Crippen LogP contribution in [0.2, 0.25) is 0 Å². The van der Waals surface area contributed by atoms with Gasteiger partial charge < -0.3 is 20.9 Å². The predicted molar refractivity (Wildman–Crippen MR) is 160 cm³/mol. The fraction of sp³-hybridized carbons (Fsp3) is 0.531. The lowest BCUT2D eigenvalue weighted by Crippen LogP contribution is -2.53. The number of rotatable bonds is 7. The summed E-state index contributed by atoms with van der Waals surface area (Å²) in [6, 6.07) is 11.1. The van der Waals surface area contributed by atoms with Gasteiger partial charge in [0.15, 0.2) is 5.96 Å². The summed E-state index contributed by atoms with van der Waals surface area (Å²) in [5, 5.41) is 10.4. The monoisotopic (exact) mass is 631 g/mol. The Morgan fingerprint density at radius 1 is 1.18 bits per heavy atom. The lowest BCUT2D eigenvalue weighted by atomic mass is 9.87. The van der Waals surface area contributed by atoms with Gasteiger partial charge in [0.2, 0.25) is 11.8 Å². The molecule has 2 aromatic rings. The summed E-state index contributed by atoms with van der Waals surface area (Å²) in [6.45, 7) is 10.2. The van der Waals surface area contributed by atoms with Crippen LogP contribution in [-0.4, -0.2) is 56.0 Å². The number of alkyl halides is 3. The van der Waals surface area contributed by atoms with Gasteiger partial charge in [-0.1, -0.05) is 45.0 Å². The van der Waals surface area contributed by atoms with Crippen molar-refractivity contribution in [2.75, 3.05) is 0 Å². The maximum absolute atomic E-state index is 13.8. The summed E-state index contributed by atoms with van der Waals surface area (Å²) in [4.78, 5) is 47.1. The van der Waals surface area contributed by atoms with Gasteiger partial charge >= 0.3 is 12.1 Å². The molecule has 2 amide bonds. The molecule has 3 heterocycles. The van der Waals surface area contributed by atoms with Crippen LogP contribution in [0.1, 0.15) is 83.5 Å². The number of benzene rings is 1. The van der Waals surface area contributed by atoms with E-state index in [1.165, 1.54) is 0 Å². The number of aliphatic carboxylic acids is 1. The highest BCUT2D eigenvalue weighted by molar-refractivity contribution is 6.00. The third-order valence-electron chi connectivity index (χ3n) is 9.02. The van der Waals surface area contributed by atoms with Gasteiger partial charge in [0.1, 0.15) is 11.4 Å². The molecule has 2 aliphatic heterocycles. The normalized spacial score (nSPS) is 25.4. The van der Waals surface area contributed by atoms with Crippen LogP contribution in [-0.2, 0) is 14.4 Å². The molecule has 0 bridgehead atoms. The first-order valence-electron chi connectivity index (χ1n) is 15.0. The van der Waals surface area contributed by atoms with Gasteiger partial charge in [-0.25, -0.2) is 9.79 Å². The number of nitrogens with zero attached hydrogens (tertiary/aromatic N) is 3. The molecule has 5 atom stereocenters. The van der Waals surface area contributed by atoms with E-state index >= 15 is 0 Å². The van der Waals surface area contributed by atoms with Crippen LogP contribution in [0.15, 0.2) is 53.8 Å². The summed E-state index contributed by atoms with van der Waals surface area (Å²) in [5.41, 5.74) is 7.52. The molecule has 3 aliphatic rings. The van der Waals surface area contributed by atoms with Crippen molar-refractivity contribution in [3.05, 3.63) is 59.9 Å². The van der Waals surface area contributed by atoms with E-state index in [4.69, 9.17) is 25.4 Å². The highest BCUT2D eigenvalue weighted by Gasteiger charge is 2.59. The lowest BCUT2D eigenvalue weighted by molar-refractivity contribution is -0.192. The van der Waals surface area contributed by atoms with E-state index in [1.807, 2.05) is 64.1 Å². The molecule has 4 N–H and O–H groups in total. The van der Waals surface area contributed by atoms with Crippen LogP contribution in [0.4, 0.5) is 13.2 Å². The number of guanidine groups is 1. The number of hydrogen-bond donors (Lipinski definition) is 3. The number of nitrogens with two attached hydrogens (primary N) is 1. The van der Waals surface area contributed by atoms with Crippen molar-refractivity contribution >= 4 is 23.7 Å². The quantitative estimate of drug-likeness (QED) is 0.382. The van der Waals surface area contributed by atoms with Crippen molar-refractivity contribution in [2.24, 2.45) is 28.5 Å². The van der Waals surface area contributed by atoms with Crippen LogP contribution in [0.25, 0.3) is 0 Å². The first-order valence-corrected chi connectivity index (χ1v) is 15.0. The summed E-state index contributed by atoms with van der Waals surface area (Å²) in [5.74, 6) is -2.07. The fourth-order valence-electron chi connectivity index (χ4n) is 6.47. The highest BCUT2D eigenvalue weighted by atomic mass is 19.4. The summed E-state index contributed by atoms with van der Waals surface area (Å²) >= 11 is 0. The van der Waals surface area contributed by atoms with Crippen molar-refractivity contribution in [3.63, 3.8) is 0 Å². The number of aromatic nitrogens is 1. The van der Waals surface area contributed by atoms with Crippen LogP contribution < -0.4 is 15.8 Å². The fourth-order valence-corrected chi connectivity index (χ4v) is 6.47. The van der Waals surface area contributed by atoms with Crippen LogP contribution in [0.5, 0.6) is 5.75 Å². The number of pyridine rings is 1. The standard InChI is InChI=1S/C30H39N5O3.C2HF3O2/c1-6-30(7-2)16-23(36)35(28(31)34-30)26(19-11-10-14-32-17-19)24-18(3)25(24)27(37)33-21-15-29(4,5)38-22-13-9-8-12-20(21)22;3-2(4,5)1(6)7/h8-14,17-18,21,24-26H,6-7,15-16H2,1-5H3,(H2,31,34)(H,33,37);(H,6,7)/t18?,21-,24?,25?,26?;/m0./s1. The average molecular weight is 632 g/mol. The van der Waals surface area contributed by atoms with Crippen LogP contribution >= 0.6 is 0 Å². The Bertz CT molecular complexity index is 1440. The Hall–Kier alpha value is -4.16. The molecule has 1 aromatic heterocycles. The zero-order valence-corrected chi connectivity index (χ0v) is 26.0. The molecule has 45 heavy (non-hydrogen) atoms. The van der Waals surface area contributed by atoms with E-state index in [-0.39, 0.29) is 41.6 Å². The molecule has 4 unspecified atom stereocenters. The molecule has 0 saturated heterocycles. The molecular weight excluding hydrogens is 591 g/mol. The molecule has 1 aliphatic carbocycles. The topological polar surface area (TPSA) is 147 Å². The first kappa shape index (κ1) is 33.7. The molecular formula is C32H40F3N5O5. The third-order valence-corrected chi connectivity index (χ3v) is 9.02. The number of carboxylic acids is 1. The maximum atomic E-state index is 13.8. The van der Waals surface area contributed by atoms with Gasteiger partial charge in [0, 0.05) is 30.3 Å². The lowest BCUT2D eigenvalue weighted by Gasteiger charge is -2.40. The van der Waals surface area contributed by atoms with Gasteiger partial charge in [0.05, 0.1) is 24.0 Å². The molecule has 0 spiro atoms. The maximum Gasteiger partial charge on any atom is 0.490 e. The van der Waals surface area contributed by atoms with Crippen molar-refractivity contribution < 1.29 is 37.4 Å². The SMILES string of the molecule is CCC1(CC)CC(=O)N(C(c2cccnc2)C2C(C)C2C(=O)N[C@H]2CC(C)(C)Oc3ccccc32)C(N)=N1.O=C(O)C(F)(F)F. The van der Waals surface area contributed by atoms with Gasteiger partial charge in [-0.15, -0.1) is 0 Å². The van der Waals surface area contributed by atoms with Gasteiger partial charge in [-0.3, -0.25) is 19.5 Å². The number of carbonyl (C=O) groups excluding carboxylic acids is 2. The Kier molecular flexibility index (Phi) is 9.51. The van der Waals surface area contributed by atoms with Crippen molar-refractivity contribution in [1.29, 1.82) is 0 Å². The van der Waals surface area contributed by atoms with Crippen LogP contribution in [0.3, 0.4) is 0 Å². The summed E-state index contributed by atoms with van der Waals surface area (Å²) in [7, 11) is 0. The van der Waals surface area contributed by atoms with Gasteiger partial charge in [-0.05, 0) is 56.2 Å². The van der Waals surface area contributed by atoms with E-state index in [1.54, 1.807) is 17.3 Å². The molecule has 10 nitrogen and oxygen atoms in total. The van der Waals surface area contributed by atoms with E-state index in [9.17, 15) is 22.8 Å². The van der Waals surface area contributed by atoms with Gasteiger partial charge in [-0.2, -0.15) is 13.2 Å². The Morgan fingerprint density at radius 3 is 2.38 bits per heavy atom. The molecule has 5 rings (SSSR count). The number of ether oxygens (including phenoxy) is 1. The number of para-hydroxylation sites is 1. The molecule has 1 fully saturated rings. The number of hydrogen-bond acceptors (Lipinski definition) is 7. The second-order valence-electron chi connectivity index (χ2n) is 12.5. The zero-order valence-electron chi connectivity index (χ0n) is 26.0. The predicted octanol–water partition coefficient (Wildman–Crippen LogP) is 5.16.